The van der Waals surface area contributed by atoms with Crippen LogP contribution >= 0.6 is 15.9 Å². The molecule has 3 rings (SSSR count). The highest BCUT2D eigenvalue weighted by atomic mass is 79.9. The summed E-state index contributed by atoms with van der Waals surface area (Å²) in [5.74, 6) is 0. The number of hydrogen-bond donors (Lipinski definition) is 0. The Balaban J connectivity index is 2.24. The second-order valence-corrected chi connectivity index (χ2v) is 5.15. The van der Waals surface area contributed by atoms with Gasteiger partial charge in [-0.2, -0.15) is 0 Å². The summed E-state index contributed by atoms with van der Waals surface area (Å²) in [5, 5.41) is 0.887. The van der Waals surface area contributed by atoms with Gasteiger partial charge in [0.15, 0.2) is 6.29 Å². The van der Waals surface area contributed by atoms with E-state index in [0.717, 1.165) is 32.9 Å². The van der Waals surface area contributed by atoms with Crippen LogP contribution in [0.3, 0.4) is 0 Å². The Morgan fingerprint density at radius 3 is 2.47 bits per heavy atom. The molecule has 0 N–H and O–H groups in total. The molecule has 92 valence electrons. The molecule has 19 heavy (non-hydrogen) atoms. The van der Waals surface area contributed by atoms with E-state index in [1.807, 2.05) is 54.6 Å². The maximum Gasteiger partial charge on any atom is 0.150 e. The van der Waals surface area contributed by atoms with Gasteiger partial charge in [0.1, 0.15) is 0 Å². The number of rotatable bonds is 2. The molecule has 2 nitrogen and oxygen atoms in total. The minimum atomic E-state index is 0.670. The summed E-state index contributed by atoms with van der Waals surface area (Å²) in [6.45, 7) is 0. The van der Waals surface area contributed by atoms with Crippen molar-refractivity contribution in [2.24, 2.45) is 0 Å². The van der Waals surface area contributed by atoms with E-state index in [1.54, 1.807) is 0 Å². The lowest BCUT2D eigenvalue weighted by molar-refractivity contribution is 0.112. The van der Waals surface area contributed by atoms with Crippen LogP contribution in [0, 0.1) is 0 Å². The Morgan fingerprint density at radius 1 is 1.00 bits per heavy atom. The molecule has 0 unspecified atom stereocenters. The number of aromatic nitrogens is 1. The van der Waals surface area contributed by atoms with Crippen LogP contribution in [0.2, 0.25) is 0 Å². The van der Waals surface area contributed by atoms with Gasteiger partial charge in [-0.3, -0.25) is 4.79 Å². The number of carbonyl (C=O) groups is 1. The number of halogens is 1. The molecule has 1 aromatic heterocycles. The summed E-state index contributed by atoms with van der Waals surface area (Å²) >= 11 is 3.41. The lowest BCUT2D eigenvalue weighted by Crippen LogP contribution is -1.91. The number of aldehydes is 1. The number of pyridine rings is 1. The lowest BCUT2D eigenvalue weighted by Gasteiger charge is -2.06. The zero-order valence-corrected chi connectivity index (χ0v) is 11.6. The van der Waals surface area contributed by atoms with Gasteiger partial charge in [0.25, 0.3) is 0 Å². The Hall–Kier alpha value is -2.00. The van der Waals surface area contributed by atoms with Gasteiger partial charge in [-0.15, -0.1) is 0 Å². The molecule has 0 aliphatic carbocycles. The zero-order chi connectivity index (χ0) is 13.2. The third-order valence-corrected chi connectivity index (χ3v) is 3.54. The number of fused-ring (bicyclic) bond motifs is 1. The van der Waals surface area contributed by atoms with Crippen molar-refractivity contribution in [2.75, 3.05) is 0 Å². The molecular weight excluding hydrogens is 302 g/mol. The van der Waals surface area contributed by atoms with Crippen LogP contribution in [0.5, 0.6) is 0 Å². The van der Waals surface area contributed by atoms with Gasteiger partial charge < -0.3 is 0 Å². The predicted molar refractivity (Wildman–Crippen MR) is 80.3 cm³/mol. The second kappa shape index (κ2) is 4.94. The van der Waals surface area contributed by atoms with Crippen LogP contribution in [0.15, 0.2) is 59.1 Å². The first-order chi connectivity index (χ1) is 9.28. The van der Waals surface area contributed by atoms with Crippen LogP contribution in [0.4, 0.5) is 0 Å². The van der Waals surface area contributed by atoms with Gasteiger partial charge in [-0.25, -0.2) is 4.98 Å². The lowest BCUT2D eigenvalue weighted by atomic mass is 10.1. The fourth-order valence-electron chi connectivity index (χ4n) is 2.07. The Labute approximate surface area is 119 Å². The van der Waals surface area contributed by atoms with Crippen molar-refractivity contribution < 1.29 is 4.79 Å². The zero-order valence-electron chi connectivity index (χ0n) is 10.0. The number of para-hydroxylation sites is 1. The Kier molecular flexibility index (Phi) is 3.13. The van der Waals surface area contributed by atoms with Crippen molar-refractivity contribution in [3.8, 4) is 11.3 Å². The molecule has 1 heterocycles. The first-order valence-electron chi connectivity index (χ1n) is 5.89. The third-order valence-electron chi connectivity index (χ3n) is 3.02. The number of nitrogens with zero attached hydrogens (tertiary/aromatic N) is 1. The fraction of sp³-hybridized carbons (Fsp3) is 0. The van der Waals surface area contributed by atoms with Crippen molar-refractivity contribution >= 4 is 33.1 Å². The smallest absolute Gasteiger partial charge is 0.150 e. The highest BCUT2D eigenvalue weighted by Gasteiger charge is 2.06. The average Bonchev–Trinajstić information content (AvgIpc) is 2.47. The van der Waals surface area contributed by atoms with Gasteiger partial charge >= 0.3 is 0 Å². The standard InChI is InChI=1S/C16H10BrNO/c17-13-7-5-11(6-8-13)16-9-12(10-19)14-3-1-2-4-15(14)18-16/h1-10H. The summed E-state index contributed by atoms with van der Waals surface area (Å²) < 4.78 is 1.02. The third kappa shape index (κ3) is 2.29. The molecule has 0 spiro atoms. The summed E-state index contributed by atoms with van der Waals surface area (Å²) in [5.41, 5.74) is 3.32. The number of carbonyl (C=O) groups excluding carboxylic acids is 1. The molecular formula is C16H10BrNO. The highest BCUT2D eigenvalue weighted by Crippen LogP contribution is 2.25. The van der Waals surface area contributed by atoms with E-state index in [1.165, 1.54) is 0 Å². The van der Waals surface area contributed by atoms with Gasteiger partial charge in [0.2, 0.25) is 0 Å². The summed E-state index contributed by atoms with van der Waals surface area (Å²) in [7, 11) is 0. The topological polar surface area (TPSA) is 30.0 Å². The molecule has 0 radical (unpaired) electrons. The van der Waals surface area contributed by atoms with Crippen LogP contribution in [0.1, 0.15) is 10.4 Å². The normalized spacial score (nSPS) is 10.6. The summed E-state index contributed by atoms with van der Waals surface area (Å²) in [6.07, 6.45) is 0.881. The summed E-state index contributed by atoms with van der Waals surface area (Å²) in [6, 6.07) is 17.4. The fourth-order valence-corrected chi connectivity index (χ4v) is 2.33. The summed E-state index contributed by atoms with van der Waals surface area (Å²) in [4.78, 5) is 15.8. The van der Waals surface area contributed by atoms with E-state index in [2.05, 4.69) is 20.9 Å². The van der Waals surface area contributed by atoms with Crippen molar-refractivity contribution in [2.45, 2.75) is 0 Å². The first-order valence-corrected chi connectivity index (χ1v) is 6.68. The molecule has 0 saturated heterocycles. The minimum absolute atomic E-state index is 0.670. The maximum absolute atomic E-state index is 11.2. The van der Waals surface area contributed by atoms with E-state index in [0.29, 0.717) is 5.56 Å². The van der Waals surface area contributed by atoms with Gasteiger partial charge in [0.05, 0.1) is 11.2 Å². The molecule has 0 amide bonds. The van der Waals surface area contributed by atoms with Gasteiger partial charge in [-0.1, -0.05) is 46.3 Å². The monoisotopic (exact) mass is 311 g/mol. The van der Waals surface area contributed by atoms with Crippen LogP contribution in [-0.2, 0) is 0 Å². The largest absolute Gasteiger partial charge is 0.298 e. The highest BCUT2D eigenvalue weighted by molar-refractivity contribution is 9.10. The van der Waals surface area contributed by atoms with E-state index < -0.39 is 0 Å². The molecule has 0 aliphatic rings. The molecule has 0 fully saturated rings. The van der Waals surface area contributed by atoms with Gasteiger partial charge in [-0.05, 0) is 24.3 Å². The number of hydrogen-bond acceptors (Lipinski definition) is 2. The van der Waals surface area contributed by atoms with Crippen molar-refractivity contribution in [1.29, 1.82) is 0 Å². The first kappa shape index (κ1) is 12.1. The van der Waals surface area contributed by atoms with Crippen LogP contribution < -0.4 is 0 Å². The molecule has 3 heteroatoms. The average molecular weight is 312 g/mol. The molecule has 0 aliphatic heterocycles. The van der Waals surface area contributed by atoms with Crippen molar-refractivity contribution in [1.82, 2.24) is 4.98 Å². The Bertz CT molecular complexity index is 750. The van der Waals surface area contributed by atoms with Crippen molar-refractivity contribution in [3.63, 3.8) is 0 Å². The van der Waals surface area contributed by atoms with Crippen LogP contribution in [0.25, 0.3) is 22.2 Å². The minimum Gasteiger partial charge on any atom is -0.298 e. The van der Waals surface area contributed by atoms with Crippen LogP contribution in [-0.4, -0.2) is 11.3 Å². The molecule has 3 aromatic rings. The van der Waals surface area contributed by atoms with Crippen molar-refractivity contribution in [3.05, 3.63) is 64.6 Å². The Morgan fingerprint density at radius 2 is 1.74 bits per heavy atom. The second-order valence-electron chi connectivity index (χ2n) is 4.24. The molecule has 0 bridgehead atoms. The van der Waals surface area contributed by atoms with E-state index in [4.69, 9.17) is 0 Å². The SMILES string of the molecule is O=Cc1cc(-c2ccc(Br)cc2)nc2ccccc12. The number of benzene rings is 2. The molecule has 2 aromatic carbocycles. The van der Waals surface area contributed by atoms with Gasteiger partial charge in [0, 0.05) is 21.0 Å². The maximum atomic E-state index is 11.2. The van der Waals surface area contributed by atoms with E-state index in [9.17, 15) is 4.79 Å². The predicted octanol–water partition coefficient (Wildman–Crippen LogP) is 4.48. The van der Waals surface area contributed by atoms with E-state index >= 15 is 0 Å². The molecule has 0 saturated carbocycles. The quantitative estimate of drug-likeness (QED) is 0.653. The van der Waals surface area contributed by atoms with E-state index in [-0.39, 0.29) is 0 Å². The molecule has 0 atom stereocenters.